The van der Waals surface area contributed by atoms with E-state index in [1.165, 1.54) is 0 Å². The molecule has 0 radical (unpaired) electrons. The maximum atomic E-state index is 9.10. The number of nitrogens with one attached hydrogen (secondary N) is 2. The molecule has 1 unspecified atom stereocenters. The molecule has 2 aromatic rings. The fourth-order valence-electron chi connectivity index (χ4n) is 2.34. The summed E-state index contributed by atoms with van der Waals surface area (Å²) in [6.07, 6.45) is 2.21. The fraction of sp³-hybridized carbons (Fsp3) is 0.474. The molecule has 0 spiro atoms. The molecule has 27 heavy (non-hydrogen) atoms. The highest BCUT2D eigenvalue weighted by Gasteiger charge is 2.07. The van der Waals surface area contributed by atoms with E-state index in [1.54, 1.807) is 0 Å². The van der Waals surface area contributed by atoms with Crippen LogP contribution in [0.5, 0.6) is 0 Å². The Morgan fingerprint density at radius 2 is 1.48 bits per heavy atom. The Bertz CT molecular complexity index is 695. The summed E-state index contributed by atoms with van der Waals surface area (Å²) in [5.74, 6) is 0.290. The van der Waals surface area contributed by atoms with Crippen molar-refractivity contribution >= 4 is 11.9 Å². The first-order valence-electron chi connectivity index (χ1n) is 8.82. The van der Waals surface area contributed by atoms with E-state index in [1.807, 2.05) is 38.1 Å². The molecule has 1 atom stereocenters. The second kappa shape index (κ2) is 11.9. The Morgan fingerprint density at radius 3 is 1.89 bits per heavy atom. The molecule has 8 heteroatoms. The second-order valence-corrected chi connectivity index (χ2v) is 6.09. The standard InChI is InChI=1S/C17H26N2O2.C2H2O4/c1-4-15(19-12-17-8-6-14(3)21-17)9-10-18-11-16-7-5-13(2)20-16;3-1(4)2(5)6/h5-8,15,18-19H,4,9-12H2,1-3H3;(H,3,4)(H,5,6). The highest BCUT2D eigenvalue weighted by molar-refractivity contribution is 6.27. The van der Waals surface area contributed by atoms with Gasteiger partial charge in [-0.05, 0) is 57.5 Å². The molecule has 0 aliphatic rings. The van der Waals surface area contributed by atoms with E-state index in [2.05, 4.69) is 17.6 Å². The largest absolute Gasteiger partial charge is 0.473 e. The molecule has 2 aromatic heterocycles. The van der Waals surface area contributed by atoms with Crippen molar-refractivity contribution in [3.63, 3.8) is 0 Å². The minimum absolute atomic E-state index is 0.501. The molecule has 0 amide bonds. The van der Waals surface area contributed by atoms with Crippen LogP contribution < -0.4 is 10.6 Å². The van der Waals surface area contributed by atoms with Crippen LogP contribution >= 0.6 is 0 Å². The summed E-state index contributed by atoms with van der Waals surface area (Å²) in [5.41, 5.74) is 0. The fourth-order valence-corrected chi connectivity index (χ4v) is 2.34. The minimum Gasteiger partial charge on any atom is -0.473 e. The van der Waals surface area contributed by atoms with Crippen LogP contribution in [0.2, 0.25) is 0 Å². The SMILES string of the molecule is CCC(CCNCc1ccc(C)o1)NCc1ccc(C)o1.O=C(O)C(=O)O. The van der Waals surface area contributed by atoms with Gasteiger partial charge < -0.3 is 29.7 Å². The summed E-state index contributed by atoms with van der Waals surface area (Å²) >= 11 is 0. The molecule has 0 aliphatic carbocycles. The average Bonchev–Trinajstić information content (AvgIpc) is 3.23. The molecule has 150 valence electrons. The van der Waals surface area contributed by atoms with Crippen LogP contribution in [0.25, 0.3) is 0 Å². The van der Waals surface area contributed by atoms with Crippen molar-refractivity contribution in [3.05, 3.63) is 47.3 Å². The van der Waals surface area contributed by atoms with Crippen LogP contribution in [0.1, 0.15) is 42.8 Å². The predicted octanol–water partition coefficient (Wildman–Crippen LogP) is 2.69. The number of rotatable bonds is 9. The van der Waals surface area contributed by atoms with Gasteiger partial charge in [-0.25, -0.2) is 9.59 Å². The maximum Gasteiger partial charge on any atom is 0.414 e. The van der Waals surface area contributed by atoms with Crippen LogP contribution in [0.3, 0.4) is 0 Å². The number of hydrogen-bond acceptors (Lipinski definition) is 6. The molecule has 2 rings (SSSR count). The van der Waals surface area contributed by atoms with Crippen LogP contribution in [-0.2, 0) is 22.7 Å². The lowest BCUT2D eigenvalue weighted by atomic mass is 10.1. The molecule has 0 bridgehead atoms. The normalized spacial score (nSPS) is 11.5. The zero-order valence-corrected chi connectivity index (χ0v) is 15.9. The topological polar surface area (TPSA) is 125 Å². The van der Waals surface area contributed by atoms with Gasteiger partial charge in [0.15, 0.2) is 0 Å². The third-order valence-electron chi connectivity index (χ3n) is 3.80. The summed E-state index contributed by atoms with van der Waals surface area (Å²) in [4.78, 5) is 18.2. The molecule has 0 saturated heterocycles. The highest BCUT2D eigenvalue weighted by Crippen LogP contribution is 2.08. The number of carboxylic acids is 2. The van der Waals surface area contributed by atoms with Crippen molar-refractivity contribution in [3.8, 4) is 0 Å². The lowest BCUT2D eigenvalue weighted by Crippen LogP contribution is -2.31. The van der Waals surface area contributed by atoms with Gasteiger partial charge in [0, 0.05) is 6.04 Å². The molecule has 8 nitrogen and oxygen atoms in total. The summed E-state index contributed by atoms with van der Waals surface area (Å²) in [5, 5.41) is 21.8. The number of hydrogen-bond donors (Lipinski definition) is 4. The Hall–Kier alpha value is -2.58. The monoisotopic (exact) mass is 380 g/mol. The Kier molecular flexibility index (Phi) is 9.92. The third-order valence-corrected chi connectivity index (χ3v) is 3.80. The summed E-state index contributed by atoms with van der Waals surface area (Å²) in [7, 11) is 0. The smallest absolute Gasteiger partial charge is 0.414 e. The number of carboxylic acid groups (broad SMARTS) is 2. The number of carbonyl (C=O) groups is 2. The zero-order chi connectivity index (χ0) is 20.2. The van der Waals surface area contributed by atoms with Gasteiger partial charge >= 0.3 is 11.9 Å². The quantitative estimate of drug-likeness (QED) is 0.386. The number of aliphatic carboxylic acids is 2. The van der Waals surface area contributed by atoms with E-state index < -0.39 is 11.9 Å². The van der Waals surface area contributed by atoms with E-state index >= 15 is 0 Å². The van der Waals surface area contributed by atoms with Crippen LogP contribution in [0.15, 0.2) is 33.1 Å². The van der Waals surface area contributed by atoms with Crippen molar-refractivity contribution in [1.82, 2.24) is 10.6 Å². The number of aryl methyl sites for hydroxylation is 2. The van der Waals surface area contributed by atoms with Crippen molar-refractivity contribution < 1.29 is 28.6 Å². The predicted molar refractivity (Wildman–Crippen MR) is 99.4 cm³/mol. The van der Waals surface area contributed by atoms with E-state index in [0.717, 1.165) is 55.5 Å². The van der Waals surface area contributed by atoms with Gasteiger partial charge in [0.05, 0.1) is 13.1 Å². The molecular formula is C19H28N2O6. The van der Waals surface area contributed by atoms with Gasteiger partial charge in [0.2, 0.25) is 0 Å². The third kappa shape index (κ3) is 9.62. The molecule has 2 heterocycles. The zero-order valence-electron chi connectivity index (χ0n) is 15.9. The second-order valence-electron chi connectivity index (χ2n) is 6.09. The Balaban J connectivity index is 0.000000527. The molecule has 0 aliphatic heterocycles. The molecule has 0 fully saturated rings. The van der Waals surface area contributed by atoms with E-state index in [9.17, 15) is 0 Å². The lowest BCUT2D eigenvalue weighted by molar-refractivity contribution is -0.159. The summed E-state index contributed by atoms with van der Waals surface area (Å²) in [6, 6.07) is 8.56. The van der Waals surface area contributed by atoms with Crippen molar-refractivity contribution in [2.24, 2.45) is 0 Å². The summed E-state index contributed by atoms with van der Waals surface area (Å²) in [6.45, 7) is 8.71. The van der Waals surface area contributed by atoms with Gasteiger partial charge in [-0.3, -0.25) is 0 Å². The Labute approximate surface area is 158 Å². The molecule has 0 aromatic carbocycles. The van der Waals surface area contributed by atoms with Gasteiger partial charge in [-0.1, -0.05) is 6.92 Å². The number of furan rings is 2. The van der Waals surface area contributed by atoms with Crippen LogP contribution in [0, 0.1) is 13.8 Å². The van der Waals surface area contributed by atoms with E-state index in [-0.39, 0.29) is 0 Å². The molecular weight excluding hydrogens is 352 g/mol. The highest BCUT2D eigenvalue weighted by atomic mass is 16.4. The van der Waals surface area contributed by atoms with E-state index in [0.29, 0.717) is 6.04 Å². The Morgan fingerprint density at radius 1 is 0.963 bits per heavy atom. The van der Waals surface area contributed by atoms with Crippen molar-refractivity contribution in [2.75, 3.05) is 6.54 Å². The molecule has 4 N–H and O–H groups in total. The van der Waals surface area contributed by atoms with Crippen LogP contribution in [0.4, 0.5) is 0 Å². The lowest BCUT2D eigenvalue weighted by Gasteiger charge is -2.16. The minimum atomic E-state index is -1.82. The average molecular weight is 380 g/mol. The summed E-state index contributed by atoms with van der Waals surface area (Å²) < 4.78 is 11.1. The first-order chi connectivity index (χ1) is 12.8. The van der Waals surface area contributed by atoms with Crippen molar-refractivity contribution in [1.29, 1.82) is 0 Å². The van der Waals surface area contributed by atoms with E-state index in [4.69, 9.17) is 28.6 Å². The molecule has 0 saturated carbocycles. The maximum absolute atomic E-state index is 9.10. The van der Waals surface area contributed by atoms with Gasteiger partial charge in [0.25, 0.3) is 0 Å². The van der Waals surface area contributed by atoms with Crippen molar-refractivity contribution in [2.45, 2.75) is 52.7 Å². The first kappa shape index (κ1) is 22.5. The first-order valence-corrected chi connectivity index (χ1v) is 8.82. The van der Waals surface area contributed by atoms with Crippen LogP contribution in [-0.4, -0.2) is 34.7 Å². The van der Waals surface area contributed by atoms with Gasteiger partial charge in [-0.15, -0.1) is 0 Å². The van der Waals surface area contributed by atoms with Gasteiger partial charge in [-0.2, -0.15) is 0 Å². The van der Waals surface area contributed by atoms with Gasteiger partial charge in [0.1, 0.15) is 23.0 Å².